The lowest BCUT2D eigenvalue weighted by Crippen LogP contribution is -2.25. The number of ether oxygens (including phenoxy) is 3. The lowest BCUT2D eigenvalue weighted by molar-refractivity contribution is 0.110. The Hall–Kier alpha value is -1.82. The first-order valence-corrected chi connectivity index (χ1v) is 9.43. The summed E-state index contributed by atoms with van der Waals surface area (Å²) in [6.07, 6.45) is 4.36. The molecule has 0 bridgehead atoms. The molecule has 1 unspecified atom stereocenters. The molecular weight excluding hydrogens is 352 g/mol. The van der Waals surface area contributed by atoms with Crippen LogP contribution in [-0.4, -0.2) is 30.8 Å². The van der Waals surface area contributed by atoms with Crippen LogP contribution in [0.25, 0.3) is 0 Å². The molecular formula is C20H25ClN2O3. The highest BCUT2D eigenvalue weighted by Gasteiger charge is 2.14. The highest BCUT2D eigenvalue weighted by Crippen LogP contribution is 2.29. The maximum Gasteiger partial charge on any atom is 0.161 e. The van der Waals surface area contributed by atoms with E-state index in [-0.39, 0.29) is 0 Å². The van der Waals surface area contributed by atoms with E-state index in [1.807, 2.05) is 25.1 Å². The molecule has 0 radical (unpaired) electrons. The van der Waals surface area contributed by atoms with Crippen molar-refractivity contribution >= 4 is 11.6 Å². The number of pyridine rings is 1. The molecule has 2 heterocycles. The zero-order valence-electron chi connectivity index (χ0n) is 15.0. The van der Waals surface area contributed by atoms with Crippen molar-refractivity contribution in [3.8, 4) is 11.5 Å². The van der Waals surface area contributed by atoms with Crippen molar-refractivity contribution in [2.45, 2.75) is 39.0 Å². The largest absolute Gasteiger partial charge is 0.490 e. The smallest absolute Gasteiger partial charge is 0.161 e. The highest BCUT2D eigenvalue weighted by molar-refractivity contribution is 6.29. The average molecular weight is 377 g/mol. The van der Waals surface area contributed by atoms with Crippen molar-refractivity contribution < 1.29 is 14.2 Å². The van der Waals surface area contributed by atoms with E-state index in [1.54, 1.807) is 12.3 Å². The second-order valence-corrected chi connectivity index (χ2v) is 6.65. The molecule has 1 aromatic heterocycles. The van der Waals surface area contributed by atoms with Crippen LogP contribution in [0.3, 0.4) is 0 Å². The summed E-state index contributed by atoms with van der Waals surface area (Å²) in [5.41, 5.74) is 2.12. The summed E-state index contributed by atoms with van der Waals surface area (Å²) >= 11 is 5.81. The molecule has 1 aliphatic rings. The van der Waals surface area contributed by atoms with E-state index < -0.39 is 0 Å². The lowest BCUT2D eigenvalue weighted by Gasteiger charge is -2.15. The van der Waals surface area contributed by atoms with Crippen LogP contribution in [0.15, 0.2) is 36.5 Å². The minimum absolute atomic E-state index is 0.344. The molecule has 1 fully saturated rings. The maximum atomic E-state index is 5.91. The van der Waals surface area contributed by atoms with E-state index in [2.05, 4.69) is 16.4 Å². The van der Waals surface area contributed by atoms with Crippen molar-refractivity contribution in [3.05, 3.63) is 52.8 Å². The van der Waals surface area contributed by atoms with Gasteiger partial charge in [-0.05, 0) is 43.5 Å². The average Bonchev–Trinajstić information content (AvgIpc) is 3.16. The van der Waals surface area contributed by atoms with E-state index in [0.717, 1.165) is 55.2 Å². The summed E-state index contributed by atoms with van der Waals surface area (Å²) in [5.74, 6) is 1.48. The molecule has 1 saturated heterocycles. The first-order valence-electron chi connectivity index (χ1n) is 9.06. The van der Waals surface area contributed by atoms with Crippen LogP contribution in [0, 0.1) is 0 Å². The molecule has 26 heavy (non-hydrogen) atoms. The Morgan fingerprint density at radius 2 is 2.08 bits per heavy atom. The van der Waals surface area contributed by atoms with Crippen LogP contribution in [0.2, 0.25) is 5.15 Å². The summed E-state index contributed by atoms with van der Waals surface area (Å²) in [7, 11) is 0. The molecule has 1 aliphatic heterocycles. The zero-order chi connectivity index (χ0) is 18.2. The van der Waals surface area contributed by atoms with Gasteiger partial charge in [-0.3, -0.25) is 0 Å². The van der Waals surface area contributed by atoms with E-state index >= 15 is 0 Å². The highest BCUT2D eigenvalue weighted by atomic mass is 35.5. The van der Waals surface area contributed by atoms with Gasteiger partial charge >= 0.3 is 0 Å². The van der Waals surface area contributed by atoms with Crippen LogP contribution in [0.1, 0.15) is 30.9 Å². The number of rotatable bonds is 9. The van der Waals surface area contributed by atoms with Crippen LogP contribution in [-0.2, 0) is 17.9 Å². The van der Waals surface area contributed by atoms with Gasteiger partial charge in [0, 0.05) is 31.5 Å². The van der Waals surface area contributed by atoms with Gasteiger partial charge in [0.05, 0.1) is 12.7 Å². The first kappa shape index (κ1) is 19.0. The third-order valence-electron chi connectivity index (χ3n) is 4.22. The van der Waals surface area contributed by atoms with Crippen LogP contribution >= 0.6 is 11.6 Å². The second kappa shape index (κ2) is 9.76. The van der Waals surface area contributed by atoms with Crippen molar-refractivity contribution in [1.82, 2.24) is 10.3 Å². The predicted octanol–water partition coefficient (Wildman–Crippen LogP) is 3.98. The fourth-order valence-electron chi connectivity index (χ4n) is 2.89. The Morgan fingerprint density at radius 1 is 1.19 bits per heavy atom. The summed E-state index contributed by atoms with van der Waals surface area (Å²) in [6.45, 7) is 5.52. The Kier molecular flexibility index (Phi) is 7.12. The molecule has 6 heteroatoms. The molecule has 3 rings (SSSR count). The topological polar surface area (TPSA) is 52.6 Å². The Morgan fingerprint density at radius 3 is 2.81 bits per heavy atom. The molecule has 0 saturated carbocycles. The van der Waals surface area contributed by atoms with Gasteiger partial charge in [0.15, 0.2) is 11.5 Å². The molecule has 1 atom stereocenters. The first-order chi connectivity index (χ1) is 12.7. The van der Waals surface area contributed by atoms with Gasteiger partial charge in [0.25, 0.3) is 0 Å². The van der Waals surface area contributed by atoms with E-state index in [4.69, 9.17) is 25.8 Å². The number of halogens is 1. The van der Waals surface area contributed by atoms with Gasteiger partial charge < -0.3 is 19.5 Å². The summed E-state index contributed by atoms with van der Waals surface area (Å²) < 4.78 is 17.3. The number of aromatic nitrogens is 1. The van der Waals surface area contributed by atoms with Crippen molar-refractivity contribution in [2.75, 3.05) is 19.8 Å². The normalized spacial score (nSPS) is 16.6. The Bertz CT molecular complexity index is 688. The van der Waals surface area contributed by atoms with E-state index in [0.29, 0.717) is 24.5 Å². The van der Waals surface area contributed by atoms with Gasteiger partial charge in [0.1, 0.15) is 11.8 Å². The number of benzene rings is 1. The summed E-state index contributed by atoms with van der Waals surface area (Å²) in [5, 5.41) is 3.93. The molecule has 0 spiro atoms. The maximum absolute atomic E-state index is 5.91. The monoisotopic (exact) mass is 376 g/mol. The number of nitrogens with one attached hydrogen (secondary N) is 1. The summed E-state index contributed by atoms with van der Waals surface area (Å²) in [6, 6.07) is 9.70. The minimum atomic E-state index is 0.344. The predicted molar refractivity (Wildman–Crippen MR) is 102 cm³/mol. The van der Waals surface area contributed by atoms with Gasteiger partial charge in [0.2, 0.25) is 0 Å². The molecule has 140 valence electrons. The van der Waals surface area contributed by atoms with Gasteiger partial charge in [-0.25, -0.2) is 4.98 Å². The molecule has 5 nitrogen and oxygen atoms in total. The molecule has 0 aliphatic carbocycles. The molecule has 1 aromatic carbocycles. The number of hydrogen-bond acceptors (Lipinski definition) is 5. The fourth-order valence-corrected chi connectivity index (χ4v) is 3.00. The fraction of sp³-hybridized carbons (Fsp3) is 0.450. The van der Waals surface area contributed by atoms with Crippen LogP contribution < -0.4 is 14.8 Å². The third-order valence-corrected chi connectivity index (χ3v) is 4.44. The van der Waals surface area contributed by atoms with Crippen molar-refractivity contribution in [1.29, 1.82) is 0 Å². The van der Waals surface area contributed by atoms with Crippen molar-refractivity contribution in [2.24, 2.45) is 0 Å². The zero-order valence-corrected chi connectivity index (χ0v) is 15.8. The quantitative estimate of drug-likeness (QED) is 0.671. The van der Waals surface area contributed by atoms with Gasteiger partial charge in [-0.15, -0.1) is 0 Å². The number of hydrogen-bond donors (Lipinski definition) is 1. The van der Waals surface area contributed by atoms with Gasteiger partial charge in [-0.2, -0.15) is 0 Å². The third kappa shape index (κ3) is 5.59. The molecule has 0 amide bonds. The standard InChI is InChI=1S/C20H25ClN2O3/c1-2-24-19-10-15(11-22-13-17-4-3-9-25-17)5-7-18(19)26-14-16-6-8-20(21)23-12-16/h5-8,10,12,17,22H,2-4,9,11,13-14H2,1H3. The second-order valence-electron chi connectivity index (χ2n) is 6.26. The summed E-state index contributed by atoms with van der Waals surface area (Å²) in [4.78, 5) is 4.07. The van der Waals surface area contributed by atoms with Crippen LogP contribution in [0.5, 0.6) is 11.5 Å². The van der Waals surface area contributed by atoms with E-state index in [9.17, 15) is 0 Å². The van der Waals surface area contributed by atoms with Gasteiger partial charge in [-0.1, -0.05) is 23.7 Å². The molecule has 1 N–H and O–H groups in total. The SMILES string of the molecule is CCOc1cc(CNCC2CCCO2)ccc1OCc1ccc(Cl)nc1. The number of nitrogens with zero attached hydrogens (tertiary/aromatic N) is 1. The Labute approximate surface area is 159 Å². The van der Waals surface area contributed by atoms with E-state index in [1.165, 1.54) is 0 Å². The van der Waals surface area contributed by atoms with Crippen LogP contribution in [0.4, 0.5) is 0 Å². The molecule has 2 aromatic rings. The minimum Gasteiger partial charge on any atom is -0.490 e. The Balaban J connectivity index is 1.57. The van der Waals surface area contributed by atoms with Crippen molar-refractivity contribution in [3.63, 3.8) is 0 Å². The lowest BCUT2D eigenvalue weighted by atomic mass is 10.2.